The molecule has 5 heteroatoms. The maximum absolute atomic E-state index is 5.84. The van der Waals surface area contributed by atoms with E-state index in [2.05, 4.69) is 30.9 Å². The minimum absolute atomic E-state index is 0.0226. The Labute approximate surface area is 114 Å². The van der Waals surface area contributed by atoms with E-state index >= 15 is 0 Å². The summed E-state index contributed by atoms with van der Waals surface area (Å²) in [6, 6.07) is 0. The van der Waals surface area contributed by atoms with Crippen molar-refractivity contribution < 1.29 is 9.26 Å². The van der Waals surface area contributed by atoms with Crippen molar-refractivity contribution in [2.75, 3.05) is 13.7 Å². The molecule has 0 amide bonds. The van der Waals surface area contributed by atoms with Gasteiger partial charge in [0.15, 0.2) is 0 Å². The number of ether oxygens (including phenoxy) is 1. The van der Waals surface area contributed by atoms with Crippen LogP contribution in [0.4, 0.5) is 0 Å². The lowest BCUT2D eigenvalue weighted by atomic mass is 9.84. The highest BCUT2D eigenvalue weighted by atomic mass is 16.5. The van der Waals surface area contributed by atoms with Crippen LogP contribution in [0.1, 0.15) is 63.8 Å². The van der Waals surface area contributed by atoms with Crippen LogP contribution in [0.3, 0.4) is 0 Å². The minimum atomic E-state index is -0.0226. The molecule has 5 nitrogen and oxygen atoms in total. The SMILES string of the molecule is COC(c1noc(C(CN)CC(C)(C)C)n1)C1CC1. The van der Waals surface area contributed by atoms with E-state index in [0.29, 0.717) is 24.2 Å². The zero-order chi connectivity index (χ0) is 14.0. The smallest absolute Gasteiger partial charge is 0.231 e. The molecule has 2 rings (SSSR count). The third-order valence-corrected chi connectivity index (χ3v) is 3.51. The van der Waals surface area contributed by atoms with Crippen molar-refractivity contribution >= 4 is 0 Å². The molecule has 0 saturated heterocycles. The van der Waals surface area contributed by atoms with E-state index in [-0.39, 0.29) is 17.4 Å². The first-order valence-corrected chi connectivity index (χ1v) is 7.01. The van der Waals surface area contributed by atoms with Gasteiger partial charge in [-0.3, -0.25) is 0 Å². The molecule has 1 saturated carbocycles. The van der Waals surface area contributed by atoms with Gasteiger partial charge in [0, 0.05) is 13.7 Å². The average molecular weight is 267 g/mol. The van der Waals surface area contributed by atoms with E-state index in [9.17, 15) is 0 Å². The van der Waals surface area contributed by atoms with Gasteiger partial charge in [-0.1, -0.05) is 25.9 Å². The molecule has 108 valence electrons. The van der Waals surface area contributed by atoms with Crippen molar-refractivity contribution in [2.24, 2.45) is 17.1 Å². The summed E-state index contributed by atoms with van der Waals surface area (Å²) in [6.07, 6.45) is 3.28. The first kappa shape index (κ1) is 14.5. The van der Waals surface area contributed by atoms with Gasteiger partial charge < -0.3 is 15.0 Å². The van der Waals surface area contributed by atoms with Crippen LogP contribution in [-0.2, 0) is 4.74 Å². The lowest BCUT2D eigenvalue weighted by molar-refractivity contribution is 0.0751. The number of rotatable bonds is 6. The van der Waals surface area contributed by atoms with Crippen LogP contribution in [-0.4, -0.2) is 23.8 Å². The topological polar surface area (TPSA) is 74.2 Å². The van der Waals surface area contributed by atoms with Crippen LogP contribution in [0, 0.1) is 11.3 Å². The summed E-state index contributed by atoms with van der Waals surface area (Å²) in [7, 11) is 1.70. The second-order valence-electron chi connectivity index (χ2n) is 6.68. The molecule has 2 atom stereocenters. The molecule has 0 spiro atoms. The number of nitrogens with two attached hydrogens (primary N) is 1. The zero-order valence-electron chi connectivity index (χ0n) is 12.3. The van der Waals surface area contributed by atoms with Crippen LogP contribution in [0.25, 0.3) is 0 Å². The van der Waals surface area contributed by atoms with E-state index < -0.39 is 0 Å². The molecule has 2 N–H and O–H groups in total. The van der Waals surface area contributed by atoms with Gasteiger partial charge in [0.25, 0.3) is 0 Å². The number of aromatic nitrogens is 2. The number of hydrogen-bond acceptors (Lipinski definition) is 5. The minimum Gasteiger partial charge on any atom is -0.373 e. The molecule has 1 aromatic heterocycles. The highest BCUT2D eigenvalue weighted by molar-refractivity contribution is 5.02. The number of nitrogens with zero attached hydrogens (tertiary/aromatic N) is 2. The molecule has 2 unspecified atom stereocenters. The Morgan fingerprint density at radius 1 is 1.42 bits per heavy atom. The molecule has 19 heavy (non-hydrogen) atoms. The molecule has 0 radical (unpaired) electrons. The van der Waals surface area contributed by atoms with Crippen molar-refractivity contribution in [3.63, 3.8) is 0 Å². The molecule has 1 aliphatic carbocycles. The quantitative estimate of drug-likeness (QED) is 0.857. The third kappa shape index (κ3) is 3.76. The fourth-order valence-electron chi connectivity index (χ4n) is 2.45. The van der Waals surface area contributed by atoms with Crippen LogP contribution in [0.5, 0.6) is 0 Å². The Morgan fingerprint density at radius 2 is 2.11 bits per heavy atom. The fourth-order valence-corrected chi connectivity index (χ4v) is 2.45. The van der Waals surface area contributed by atoms with Crippen LogP contribution in [0.2, 0.25) is 0 Å². The van der Waals surface area contributed by atoms with Crippen molar-refractivity contribution in [3.05, 3.63) is 11.7 Å². The second-order valence-corrected chi connectivity index (χ2v) is 6.68. The molecule has 1 heterocycles. The van der Waals surface area contributed by atoms with Gasteiger partial charge in [0.05, 0.1) is 5.92 Å². The predicted molar refractivity (Wildman–Crippen MR) is 72.6 cm³/mol. The van der Waals surface area contributed by atoms with E-state index in [1.165, 1.54) is 12.8 Å². The van der Waals surface area contributed by atoms with Crippen molar-refractivity contribution in [1.29, 1.82) is 0 Å². The van der Waals surface area contributed by atoms with Gasteiger partial charge in [0.1, 0.15) is 6.10 Å². The van der Waals surface area contributed by atoms with E-state index in [1.807, 2.05) is 0 Å². The van der Waals surface area contributed by atoms with Crippen LogP contribution >= 0.6 is 0 Å². The van der Waals surface area contributed by atoms with Gasteiger partial charge in [-0.15, -0.1) is 0 Å². The Morgan fingerprint density at radius 3 is 2.58 bits per heavy atom. The normalized spacial score (nSPS) is 19.4. The first-order chi connectivity index (χ1) is 8.94. The van der Waals surface area contributed by atoms with E-state index in [0.717, 1.165) is 6.42 Å². The Kier molecular flexibility index (Phi) is 4.26. The van der Waals surface area contributed by atoms with Crippen molar-refractivity contribution in [2.45, 2.75) is 52.1 Å². The fraction of sp³-hybridized carbons (Fsp3) is 0.857. The molecule has 0 aliphatic heterocycles. The Hall–Kier alpha value is -0.940. The molecule has 0 bridgehead atoms. The third-order valence-electron chi connectivity index (χ3n) is 3.51. The summed E-state index contributed by atoms with van der Waals surface area (Å²) < 4.78 is 10.9. The maximum Gasteiger partial charge on any atom is 0.231 e. The lowest BCUT2D eigenvalue weighted by Gasteiger charge is -2.22. The molecular formula is C14H25N3O2. The van der Waals surface area contributed by atoms with Gasteiger partial charge in [-0.2, -0.15) is 4.98 Å². The molecule has 1 aliphatic rings. The van der Waals surface area contributed by atoms with Gasteiger partial charge in [-0.05, 0) is 30.6 Å². The van der Waals surface area contributed by atoms with Crippen LogP contribution in [0.15, 0.2) is 4.52 Å². The maximum atomic E-state index is 5.84. The zero-order valence-corrected chi connectivity index (χ0v) is 12.3. The summed E-state index contributed by atoms with van der Waals surface area (Å²) >= 11 is 0. The summed E-state index contributed by atoms with van der Waals surface area (Å²) in [4.78, 5) is 4.52. The van der Waals surface area contributed by atoms with E-state index in [1.54, 1.807) is 7.11 Å². The highest BCUT2D eigenvalue weighted by Crippen LogP contribution is 2.42. The van der Waals surface area contributed by atoms with Gasteiger partial charge in [-0.25, -0.2) is 0 Å². The molecule has 1 fully saturated rings. The van der Waals surface area contributed by atoms with Crippen LogP contribution < -0.4 is 5.73 Å². The van der Waals surface area contributed by atoms with Gasteiger partial charge in [0.2, 0.25) is 11.7 Å². The van der Waals surface area contributed by atoms with Crippen molar-refractivity contribution in [3.8, 4) is 0 Å². The largest absolute Gasteiger partial charge is 0.373 e. The van der Waals surface area contributed by atoms with Gasteiger partial charge >= 0.3 is 0 Å². The Balaban J connectivity index is 2.09. The second kappa shape index (κ2) is 5.59. The van der Waals surface area contributed by atoms with Crippen molar-refractivity contribution in [1.82, 2.24) is 10.1 Å². The predicted octanol–water partition coefficient (Wildman–Crippen LogP) is 2.65. The molecular weight excluding hydrogens is 242 g/mol. The first-order valence-electron chi connectivity index (χ1n) is 7.01. The summed E-state index contributed by atoms with van der Waals surface area (Å²) in [5.74, 6) is 2.00. The summed E-state index contributed by atoms with van der Waals surface area (Å²) in [6.45, 7) is 7.10. The number of hydrogen-bond donors (Lipinski definition) is 1. The number of methoxy groups -OCH3 is 1. The summed E-state index contributed by atoms with van der Waals surface area (Å²) in [5, 5.41) is 4.08. The summed E-state index contributed by atoms with van der Waals surface area (Å²) in [5.41, 5.74) is 6.03. The Bertz CT molecular complexity index is 407. The highest BCUT2D eigenvalue weighted by Gasteiger charge is 2.36. The monoisotopic (exact) mass is 267 g/mol. The molecule has 1 aromatic rings. The lowest BCUT2D eigenvalue weighted by Crippen LogP contribution is -2.19. The van der Waals surface area contributed by atoms with E-state index in [4.69, 9.17) is 15.0 Å². The standard InChI is InChI=1S/C14H25N3O2/c1-14(2,3)7-10(8-15)13-16-12(17-19-13)11(18-4)9-5-6-9/h9-11H,5-8,15H2,1-4H3. The average Bonchev–Trinajstić information content (AvgIpc) is 3.04. The molecule has 0 aromatic carbocycles.